The van der Waals surface area contributed by atoms with Crippen molar-refractivity contribution < 1.29 is 14.3 Å². The number of anilines is 1. The molecule has 0 aliphatic carbocycles. The Balaban J connectivity index is 1.72. The van der Waals surface area contributed by atoms with E-state index in [1.807, 2.05) is 35.9 Å². The minimum absolute atomic E-state index is 0.266. The lowest BCUT2D eigenvalue weighted by molar-refractivity contribution is -0.147. The van der Waals surface area contributed by atoms with Crippen LogP contribution in [0.25, 0.3) is 0 Å². The Morgan fingerprint density at radius 3 is 2.82 bits per heavy atom. The van der Waals surface area contributed by atoms with Gasteiger partial charge in [0, 0.05) is 16.6 Å². The number of hydrogen-bond donors (Lipinski definition) is 1. The van der Waals surface area contributed by atoms with Gasteiger partial charge in [0.1, 0.15) is 0 Å². The average Bonchev–Trinajstić information content (AvgIpc) is 3.00. The molecule has 2 rings (SSSR count). The molecule has 0 bridgehead atoms. The van der Waals surface area contributed by atoms with Crippen LogP contribution in [0.5, 0.6) is 0 Å². The summed E-state index contributed by atoms with van der Waals surface area (Å²) in [5, 5.41) is 6.66. The van der Waals surface area contributed by atoms with Crippen LogP contribution in [0.2, 0.25) is 0 Å². The van der Waals surface area contributed by atoms with E-state index in [-0.39, 0.29) is 24.9 Å². The molecule has 0 unspecified atom stereocenters. The molecule has 1 aromatic heterocycles. The van der Waals surface area contributed by atoms with Gasteiger partial charge in [0.25, 0.3) is 5.91 Å². The molecule has 0 fully saturated rings. The van der Waals surface area contributed by atoms with Crippen LogP contribution in [0.15, 0.2) is 39.5 Å². The van der Waals surface area contributed by atoms with Crippen molar-refractivity contribution in [3.05, 3.63) is 50.6 Å². The molecular weight excluding hydrogens is 366 g/mol. The molecule has 0 radical (unpaired) electrons. The van der Waals surface area contributed by atoms with E-state index in [1.165, 1.54) is 0 Å². The summed E-state index contributed by atoms with van der Waals surface area (Å²) in [6.07, 6.45) is 0.914. The third kappa shape index (κ3) is 5.27. The number of benzene rings is 1. The van der Waals surface area contributed by atoms with E-state index >= 15 is 0 Å². The van der Waals surface area contributed by atoms with Crippen molar-refractivity contribution in [1.29, 1.82) is 0 Å². The van der Waals surface area contributed by atoms with Gasteiger partial charge in [-0.15, -0.1) is 0 Å². The second-order valence-corrected chi connectivity index (χ2v) is 6.44. The van der Waals surface area contributed by atoms with E-state index in [4.69, 9.17) is 4.74 Å². The highest BCUT2D eigenvalue weighted by Gasteiger charge is 2.09. The fraction of sp³-hybridized carbons (Fsp3) is 0.250. The number of ether oxygens (including phenoxy) is 1. The van der Waals surface area contributed by atoms with Crippen LogP contribution in [0, 0.1) is 6.92 Å². The van der Waals surface area contributed by atoms with E-state index in [2.05, 4.69) is 21.2 Å². The zero-order chi connectivity index (χ0) is 15.9. The van der Waals surface area contributed by atoms with Gasteiger partial charge < -0.3 is 10.1 Å². The minimum Gasteiger partial charge on any atom is -0.456 e. The maximum atomic E-state index is 11.7. The highest BCUT2D eigenvalue weighted by molar-refractivity contribution is 9.10. The molecule has 2 aromatic rings. The van der Waals surface area contributed by atoms with Crippen LogP contribution in [0.4, 0.5) is 5.69 Å². The van der Waals surface area contributed by atoms with E-state index in [0.717, 1.165) is 15.6 Å². The Kier molecular flexibility index (Phi) is 6.15. The summed E-state index contributed by atoms with van der Waals surface area (Å²) < 4.78 is 5.95. The topological polar surface area (TPSA) is 55.4 Å². The first-order valence-corrected chi connectivity index (χ1v) is 8.51. The van der Waals surface area contributed by atoms with Gasteiger partial charge in [-0.1, -0.05) is 15.9 Å². The molecule has 0 spiro atoms. The lowest BCUT2D eigenvalue weighted by Crippen LogP contribution is -2.21. The molecule has 22 heavy (non-hydrogen) atoms. The summed E-state index contributed by atoms with van der Waals surface area (Å²) >= 11 is 4.99. The van der Waals surface area contributed by atoms with Crippen molar-refractivity contribution in [3.8, 4) is 0 Å². The third-order valence-electron chi connectivity index (χ3n) is 3.00. The first-order valence-electron chi connectivity index (χ1n) is 6.77. The van der Waals surface area contributed by atoms with Crippen molar-refractivity contribution >= 4 is 44.8 Å². The van der Waals surface area contributed by atoms with Gasteiger partial charge in [0.05, 0.1) is 0 Å². The zero-order valence-corrected chi connectivity index (χ0v) is 14.5. The quantitative estimate of drug-likeness (QED) is 0.771. The van der Waals surface area contributed by atoms with Gasteiger partial charge in [-0.3, -0.25) is 9.59 Å². The Hall–Kier alpha value is -1.66. The molecular formula is C16H16BrNO3S. The predicted molar refractivity (Wildman–Crippen MR) is 91.1 cm³/mol. The van der Waals surface area contributed by atoms with E-state index in [0.29, 0.717) is 12.1 Å². The van der Waals surface area contributed by atoms with Crippen LogP contribution in [0.3, 0.4) is 0 Å². The zero-order valence-electron chi connectivity index (χ0n) is 12.1. The number of carbonyl (C=O) groups excluding carboxylic acids is 2. The molecule has 6 heteroatoms. The fourth-order valence-electron chi connectivity index (χ4n) is 1.82. The Labute approximate surface area is 141 Å². The normalized spacial score (nSPS) is 10.3. The largest absolute Gasteiger partial charge is 0.456 e. The molecule has 1 heterocycles. The first-order chi connectivity index (χ1) is 10.5. The number of nitrogens with one attached hydrogen (secondary N) is 1. The molecule has 0 saturated heterocycles. The minimum atomic E-state index is -0.367. The maximum absolute atomic E-state index is 11.7. The number of hydrogen-bond acceptors (Lipinski definition) is 4. The Morgan fingerprint density at radius 1 is 1.32 bits per heavy atom. The Morgan fingerprint density at radius 2 is 2.14 bits per heavy atom. The van der Waals surface area contributed by atoms with Gasteiger partial charge in [-0.25, -0.2) is 0 Å². The van der Waals surface area contributed by atoms with Crippen molar-refractivity contribution in [2.45, 2.75) is 19.8 Å². The molecule has 4 nitrogen and oxygen atoms in total. The molecule has 1 amide bonds. The number of esters is 1. The fourth-order valence-corrected chi connectivity index (χ4v) is 2.77. The van der Waals surface area contributed by atoms with Crippen LogP contribution in [-0.2, 0) is 20.7 Å². The number of carbonyl (C=O) groups is 2. The molecule has 0 aliphatic heterocycles. The molecule has 0 saturated carbocycles. The first kappa shape index (κ1) is 16.7. The average molecular weight is 382 g/mol. The summed E-state index contributed by atoms with van der Waals surface area (Å²) in [4.78, 5) is 23.3. The molecule has 1 aromatic carbocycles. The lowest BCUT2D eigenvalue weighted by Gasteiger charge is -2.08. The standard InChI is InChI=1S/C16H16BrNO3S/c1-11-8-13(3-4-14(11)17)18-15(19)9-21-16(20)5-2-12-6-7-22-10-12/h3-4,6-8,10H,2,5,9H2,1H3,(H,18,19). The molecule has 116 valence electrons. The summed E-state index contributed by atoms with van der Waals surface area (Å²) in [5.41, 5.74) is 2.81. The van der Waals surface area contributed by atoms with Crippen LogP contribution >= 0.6 is 27.3 Å². The number of amides is 1. The summed E-state index contributed by atoms with van der Waals surface area (Å²) in [6, 6.07) is 7.46. The van der Waals surface area contributed by atoms with Gasteiger partial charge in [0.15, 0.2) is 6.61 Å². The van der Waals surface area contributed by atoms with E-state index in [1.54, 1.807) is 17.4 Å². The second-order valence-electron chi connectivity index (χ2n) is 4.80. The summed E-state index contributed by atoms with van der Waals surface area (Å²) in [6.45, 7) is 1.67. The van der Waals surface area contributed by atoms with E-state index < -0.39 is 0 Å². The predicted octanol–water partition coefficient (Wildman–Crippen LogP) is 3.93. The van der Waals surface area contributed by atoms with Gasteiger partial charge in [0.2, 0.25) is 0 Å². The molecule has 0 aliphatic rings. The Bertz CT molecular complexity index is 655. The van der Waals surface area contributed by atoms with Gasteiger partial charge >= 0.3 is 5.97 Å². The van der Waals surface area contributed by atoms with Gasteiger partial charge in [-0.2, -0.15) is 11.3 Å². The number of rotatable bonds is 6. The lowest BCUT2D eigenvalue weighted by atomic mass is 10.2. The third-order valence-corrected chi connectivity index (χ3v) is 4.63. The summed E-state index contributed by atoms with van der Waals surface area (Å²) in [5.74, 6) is -0.709. The summed E-state index contributed by atoms with van der Waals surface area (Å²) in [7, 11) is 0. The SMILES string of the molecule is Cc1cc(NC(=O)COC(=O)CCc2ccsc2)ccc1Br. The van der Waals surface area contributed by atoms with Crippen LogP contribution in [-0.4, -0.2) is 18.5 Å². The van der Waals surface area contributed by atoms with Crippen LogP contribution < -0.4 is 5.32 Å². The molecule has 0 atom stereocenters. The number of aryl methyl sites for hydroxylation is 2. The second kappa shape index (κ2) is 8.10. The maximum Gasteiger partial charge on any atom is 0.306 e. The van der Waals surface area contributed by atoms with Crippen molar-refractivity contribution in [3.63, 3.8) is 0 Å². The van der Waals surface area contributed by atoms with E-state index in [9.17, 15) is 9.59 Å². The number of thiophene rings is 1. The smallest absolute Gasteiger partial charge is 0.306 e. The monoisotopic (exact) mass is 381 g/mol. The highest BCUT2D eigenvalue weighted by Crippen LogP contribution is 2.19. The number of halogens is 1. The molecule has 1 N–H and O–H groups in total. The van der Waals surface area contributed by atoms with Crippen molar-refractivity contribution in [2.75, 3.05) is 11.9 Å². The highest BCUT2D eigenvalue weighted by atomic mass is 79.9. The van der Waals surface area contributed by atoms with Gasteiger partial charge in [-0.05, 0) is 59.5 Å². The van der Waals surface area contributed by atoms with Crippen molar-refractivity contribution in [1.82, 2.24) is 0 Å². The van der Waals surface area contributed by atoms with Crippen LogP contribution in [0.1, 0.15) is 17.5 Å². The van der Waals surface area contributed by atoms with Crippen molar-refractivity contribution in [2.24, 2.45) is 0 Å².